The zero-order valence-electron chi connectivity index (χ0n) is 9.97. The van der Waals surface area contributed by atoms with Crippen molar-refractivity contribution < 1.29 is 4.74 Å². The summed E-state index contributed by atoms with van der Waals surface area (Å²) >= 11 is 3.55. The Morgan fingerprint density at radius 2 is 2.47 bits per heavy atom. The molecule has 2 saturated heterocycles. The summed E-state index contributed by atoms with van der Waals surface area (Å²) < 4.78 is 8.90. The Morgan fingerprint density at radius 3 is 3.06 bits per heavy atom. The summed E-state index contributed by atoms with van der Waals surface area (Å²) in [4.78, 5) is 0. The van der Waals surface area contributed by atoms with Gasteiger partial charge in [0.25, 0.3) is 0 Å². The van der Waals surface area contributed by atoms with Crippen LogP contribution in [-0.2, 0) is 11.3 Å². The van der Waals surface area contributed by atoms with E-state index in [-0.39, 0.29) is 6.04 Å². The van der Waals surface area contributed by atoms with Crippen LogP contribution in [0.15, 0.2) is 10.7 Å². The van der Waals surface area contributed by atoms with Crippen molar-refractivity contribution in [2.75, 3.05) is 0 Å². The van der Waals surface area contributed by atoms with Gasteiger partial charge in [0.05, 0.1) is 34.6 Å². The molecule has 4 atom stereocenters. The van der Waals surface area contributed by atoms with Crippen molar-refractivity contribution in [1.29, 1.82) is 0 Å². The van der Waals surface area contributed by atoms with Crippen LogP contribution in [-0.4, -0.2) is 22.0 Å². The molecule has 0 spiro atoms. The normalized spacial score (nSPS) is 33.2. The number of hydrogen-bond donors (Lipinski definition) is 1. The van der Waals surface area contributed by atoms with Gasteiger partial charge in [0.1, 0.15) is 0 Å². The van der Waals surface area contributed by atoms with E-state index in [9.17, 15) is 0 Å². The first-order chi connectivity index (χ1) is 8.20. The summed E-state index contributed by atoms with van der Waals surface area (Å²) in [5.41, 5.74) is 7.56. The van der Waals surface area contributed by atoms with Gasteiger partial charge in [-0.15, -0.1) is 0 Å². The van der Waals surface area contributed by atoms with Gasteiger partial charge in [0.15, 0.2) is 0 Å². The molecule has 2 N–H and O–H groups in total. The van der Waals surface area contributed by atoms with Crippen molar-refractivity contribution in [3.8, 4) is 0 Å². The topological polar surface area (TPSA) is 53.1 Å². The maximum absolute atomic E-state index is 6.44. The van der Waals surface area contributed by atoms with Crippen LogP contribution < -0.4 is 5.73 Å². The Bertz CT molecular complexity index is 420. The van der Waals surface area contributed by atoms with Gasteiger partial charge in [-0.2, -0.15) is 5.10 Å². The first-order valence-electron chi connectivity index (χ1n) is 6.33. The van der Waals surface area contributed by atoms with Crippen molar-refractivity contribution in [3.63, 3.8) is 0 Å². The van der Waals surface area contributed by atoms with E-state index in [0.717, 1.165) is 23.1 Å². The first-order valence-corrected chi connectivity index (χ1v) is 7.12. The number of fused-ring (bicyclic) bond motifs is 2. The molecule has 0 aliphatic carbocycles. The molecule has 94 valence electrons. The van der Waals surface area contributed by atoms with Gasteiger partial charge in [0.2, 0.25) is 0 Å². The highest BCUT2D eigenvalue weighted by Gasteiger charge is 2.44. The van der Waals surface area contributed by atoms with E-state index in [4.69, 9.17) is 10.5 Å². The van der Waals surface area contributed by atoms with E-state index < -0.39 is 0 Å². The summed E-state index contributed by atoms with van der Waals surface area (Å²) in [7, 11) is 0. The summed E-state index contributed by atoms with van der Waals surface area (Å²) in [6.45, 7) is 2.95. The van der Waals surface area contributed by atoms with E-state index in [1.807, 2.05) is 10.9 Å². The third-order valence-electron chi connectivity index (χ3n) is 4.06. The molecule has 2 bridgehead atoms. The number of aromatic nitrogens is 2. The molecule has 17 heavy (non-hydrogen) atoms. The summed E-state index contributed by atoms with van der Waals surface area (Å²) in [6.07, 6.45) is 6.14. The molecule has 0 radical (unpaired) electrons. The molecule has 5 heteroatoms. The minimum Gasteiger partial charge on any atom is -0.375 e. The van der Waals surface area contributed by atoms with Crippen molar-refractivity contribution in [3.05, 3.63) is 16.4 Å². The molecule has 0 saturated carbocycles. The maximum atomic E-state index is 6.44. The first kappa shape index (κ1) is 11.7. The molecule has 1 aromatic rings. The number of nitrogens with zero attached hydrogens (tertiary/aromatic N) is 2. The van der Waals surface area contributed by atoms with Crippen LogP contribution in [0, 0.1) is 5.92 Å². The van der Waals surface area contributed by atoms with E-state index >= 15 is 0 Å². The molecule has 2 aliphatic rings. The highest BCUT2D eigenvalue weighted by molar-refractivity contribution is 9.10. The number of rotatable bonds is 3. The fourth-order valence-electron chi connectivity index (χ4n) is 3.21. The SMILES string of the molecule is CCn1ncc(Br)c1C(N)C1CC2CCC1O2. The molecular weight excluding hydrogens is 282 g/mol. The second kappa shape index (κ2) is 4.37. The number of aryl methyl sites for hydroxylation is 1. The Labute approximate surface area is 110 Å². The lowest BCUT2D eigenvalue weighted by molar-refractivity contribution is 0.0879. The molecule has 4 unspecified atom stereocenters. The van der Waals surface area contributed by atoms with Crippen LogP contribution in [0.5, 0.6) is 0 Å². The Balaban J connectivity index is 1.86. The second-order valence-electron chi connectivity index (χ2n) is 4.99. The van der Waals surface area contributed by atoms with Crippen LogP contribution >= 0.6 is 15.9 Å². The van der Waals surface area contributed by atoms with Crippen LogP contribution in [0.4, 0.5) is 0 Å². The van der Waals surface area contributed by atoms with Crippen molar-refractivity contribution >= 4 is 15.9 Å². The lowest BCUT2D eigenvalue weighted by atomic mass is 9.83. The van der Waals surface area contributed by atoms with Crippen molar-refractivity contribution in [2.45, 2.75) is 51.0 Å². The minimum absolute atomic E-state index is 0.0297. The smallest absolute Gasteiger partial charge is 0.0697 e. The fourth-order valence-corrected chi connectivity index (χ4v) is 3.77. The highest BCUT2D eigenvalue weighted by atomic mass is 79.9. The molecular formula is C12H18BrN3O. The second-order valence-corrected chi connectivity index (χ2v) is 5.85. The van der Waals surface area contributed by atoms with Crippen molar-refractivity contribution in [1.82, 2.24) is 9.78 Å². The monoisotopic (exact) mass is 299 g/mol. The van der Waals surface area contributed by atoms with Crippen molar-refractivity contribution in [2.24, 2.45) is 11.7 Å². The van der Waals surface area contributed by atoms with E-state index in [1.165, 1.54) is 12.8 Å². The number of nitrogens with two attached hydrogens (primary N) is 1. The molecule has 1 aromatic heterocycles. The molecule has 0 aromatic carbocycles. The van der Waals surface area contributed by atoms with E-state index in [2.05, 4.69) is 28.0 Å². The van der Waals surface area contributed by atoms with Gasteiger partial charge in [-0.3, -0.25) is 4.68 Å². The van der Waals surface area contributed by atoms with Crippen LogP contribution in [0.1, 0.15) is 37.9 Å². The third kappa shape index (κ3) is 1.84. The van der Waals surface area contributed by atoms with Crippen LogP contribution in [0.25, 0.3) is 0 Å². The van der Waals surface area contributed by atoms with Gasteiger partial charge in [-0.05, 0) is 42.1 Å². The number of hydrogen-bond acceptors (Lipinski definition) is 3. The lowest BCUT2D eigenvalue weighted by Gasteiger charge is -2.26. The van der Waals surface area contributed by atoms with Gasteiger partial charge in [0, 0.05) is 12.5 Å². The van der Waals surface area contributed by atoms with Crippen LogP contribution in [0.3, 0.4) is 0 Å². The molecule has 3 rings (SSSR count). The molecule has 2 fully saturated rings. The summed E-state index contributed by atoms with van der Waals surface area (Å²) in [5, 5.41) is 4.34. The highest BCUT2D eigenvalue weighted by Crippen LogP contribution is 2.44. The molecule has 3 heterocycles. The summed E-state index contributed by atoms with van der Waals surface area (Å²) in [5.74, 6) is 0.451. The molecule has 2 aliphatic heterocycles. The number of ether oxygens (including phenoxy) is 1. The molecule has 0 amide bonds. The van der Waals surface area contributed by atoms with Crippen LogP contribution in [0.2, 0.25) is 0 Å². The fraction of sp³-hybridized carbons (Fsp3) is 0.750. The number of halogens is 1. The average Bonchev–Trinajstić information content (AvgIpc) is 3.01. The Kier molecular flexibility index (Phi) is 3.00. The van der Waals surface area contributed by atoms with Gasteiger partial charge >= 0.3 is 0 Å². The van der Waals surface area contributed by atoms with E-state index in [1.54, 1.807) is 0 Å². The summed E-state index contributed by atoms with van der Waals surface area (Å²) in [6, 6.07) is 0.0297. The lowest BCUT2D eigenvalue weighted by Crippen LogP contribution is -2.31. The quantitative estimate of drug-likeness (QED) is 0.931. The van der Waals surface area contributed by atoms with E-state index in [0.29, 0.717) is 18.1 Å². The zero-order chi connectivity index (χ0) is 12.0. The largest absolute Gasteiger partial charge is 0.375 e. The maximum Gasteiger partial charge on any atom is 0.0697 e. The van der Waals surface area contributed by atoms with Gasteiger partial charge in [-0.25, -0.2) is 0 Å². The predicted molar refractivity (Wildman–Crippen MR) is 68.5 cm³/mol. The standard InChI is InChI=1S/C12H18BrN3O/c1-2-16-12(9(13)6-15-16)11(14)8-5-7-3-4-10(8)17-7/h6-8,10-11H,2-5,14H2,1H3. The zero-order valence-corrected chi connectivity index (χ0v) is 11.6. The predicted octanol–water partition coefficient (Wildman–Crippen LogP) is 2.23. The minimum atomic E-state index is 0.0297. The Hall–Kier alpha value is -0.390. The Morgan fingerprint density at radius 1 is 1.65 bits per heavy atom. The van der Waals surface area contributed by atoms with Gasteiger partial charge in [-0.1, -0.05) is 0 Å². The van der Waals surface area contributed by atoms with Gasteiger partial charge < -0.3 is 10.5 Å². The molecule has 4 nitrogen and oxygen atoms in total. The average molecular weight is 300 g/mol. The third-order valence-corrected chi connectivity index (χ3v) is 4.67.